The summed E-state index contributed by atoms with van der Waals surface area (Å²) in [5.74, 6) is 1.25. The molecule has 1 rings (SSSR count). The van der Waals surface area contributed by atoms with Crippen molar-refractivity contribution in [1.82, 2.24) is 9.55 Å². The highest BCUT2D eigenvalue weighted by Gasteiger charge is 2.09. The Kier molecular flexibility index (Phi) is 4.00. The number of hydrogen-bond acceptors (Lipinski definition) is 1. The van der Waals surface area contributed by atoms with E-state index in [4.69, 9.17) is 0 Å². The van der Waals surface area contributed by atoms with Crippen LogP contribution in [0.2, 0.25) is 0 Å². The topological polar surface area (TPSA) is 17.8 Å². The quantitative estimate of drug-likeness (QED) is 0.680. The highest BCUT2D eigenvalue weighted by molar-refractivity contribution is 4.95. The van der Waals surface area contributed by atoms with Crippen molar-refractivity contribution in [3.8, 4) is 0 Å². The fourth-order valence-corrected chi connectivity index (χ4v) is 1.78. The van der Waals surface area contributed by atoms with E-state index in [1.54, 1.807) is 0 Å². The van der Waals surface area contributed by atoms with Crippen molar-refractivity contribution < 1.29 is 0 Å². The van der Waals surface area contributed by atoms with Crippen molar-refractivity contribution in [2.45, 2.75) is 52.5 Å². The maximum absolute atomic E-state index is 4.39. The first-order valence-corrected chi connectivity index (χ1v) is 5.35. The number of rotatable bonds is 5. The minimum absolute atomic E-state index is 0.643. The lowest BCUT2D eigenvalue weighted by molar-refractivity contribution is 0.454. The second-order valence-corrected chi connectivity index (χ2v) is 3.47. The van der Waals surface area contributed by atoms with Gasteiger partial charge in [-0.15, -0.1) is 0 Å². The van der Waals surface area contributed by atoms with Gasteiger partial charge in [0.05, 0.1) is 0 Å². The number of imidazole rings is 1. The van der Waals surface area contributed by atoms with Gasteiger partial charge in [-0.2, -0.15) is 0 Å². The third-order valence-electron chi connectivity index (χ3n) is 2.56. The third-order valence-corrected chi connectivity index (χ3v) is 2.56. The molecule has 0 aliphatic rings. The van der Waals surface area contributed by atoms with Crippen molar-refractivity contribution in [3.05, 3.63) is 18.2 Å². The number of aryl methyl sites for hydroxylation is 1. The maximum atomic E-state index is 4.39. The van der Waals surface area contributed by atoms with E-state index in [-0.39, 0.29) is 0 Å². The van der Waals surface area contributed by atoms with E-state index in [9.17, 15) is 0 Å². The summed E-state index contributed by atoms with van der Waals surface area (Å²) >= 11 is 0. The van der Waals surface area contributed by atoms with Gasteiger partial charge in [0.15, 0.2) is 0 Å². The Labute approximate surface area is 81.0 Å². The van der Waals surface area contributed by atoms with E-state index in [2.05, 4.69) is 36.5 Å². The molecule has 0 fully saturated rings. The van der Waals surface area contributed by atoms with Crippen LogP contribution in [0.1, 0.15) is 51.9 Å². The molecule has 0 amide bonds. The summed E-state index contributed by atoms with van der Waals surface area (Å²) in [6, 6.07) is 0.643. The SMILES string of the molecule is CCCc1nccn1C(CC)CC. The summed E-state index contributed by atoms with van der Waals surface area (Å²) in [6.07, 6.45) is 8.71. The van der Waals surface area contributed by atoms with Crippen LogP contribution in [0.15, 0.2) is 12.4 Å². The molecule has 0 atom stereocenters. The maximum Gasteiger partial charge on any atom is 0.108 e. The number of hydrogen-bond donors (Lipinski definition) is 0. The molecule has 0 unspecified atom stereocenters. The predicted molar refractivity (Wildman–Crippen MR) is 55.8 cm³/mol. The first-order chi connectivity index (χ1) is 6.33. The molecule has 0 spiro atoms. The molecule has 0 saturated heterocycles. The second-order valence-electron chi connectivity index (χ2n) is 3.47. The van der Waals surface area contributed by atoms with E-state index in [1.807, 2.05) is 6.20 Å². The Balaban J connectivity index is 2.78. The monoisotopic (exact) mass is 180 g/mol. The van der Waals surface area contributed by atoms with Crippen LogP contribution in [-0.4, -0.2) is 9.55 Å². The molecule has 74 valence electrons. The van der Waals surface area contributed by atoms with Crippen LogP contribution < -0.4 is 0 Å². The lowest BCUT2D eigenvalue weighted by atomic mass is 10.1. The number of aromatic nitrogens is 2. The largest absolute Gasteiger partial charge is 0.332 e. The Hall–Kier alpha value is -0.790. The number of nitrogens with zero attached hydrogens (tertiary/aromatic N) is 2. The van der Waals surface area contributed by atoms with Crippen molar-refractivity contribution in [2.75, 3.05) is 0 Å². The summed E-state index contributed by atoms with van der Waals surface area (Å²) in [7, 11) is 0. The first-order valence-electron chi connectivity index (χ1n) is 5.35. The van der Waals surface area contributed by atoms with Crippen LogP contribution >= 0.6 is 0 Å². The van der Waals surface area contributed by atoms with Gasteiger partial charge in [-0.3, -0.25) is 0 Å². The van der Waals surface area contributed by atoms with Gasteiger partial charge in [0, 0.05) is 24.9 Å². The molecule has 1 aromatic heterocycles. The lowest BCUT2D eigenvalue weighted by Gasteiger charge is -2.17. The summed E-state index contributed by atoms with van der Waals surface area (Å²) in [5.41, 5.74) is 0. The second kappa shape index (κ2) is 5.05. The van der Waals surface area contributed by atoms with Crippen LogP contribution in [0.3, 0.4) is 0 Å². The lowest BCUT2D eigenvalue weighted by Crippen LogP contribution is -2.09. The Bertz CT molecular complexity index is 236. The normalized spacial score (nSPS) is 11.1. The molecule has 0 bridgehead atoms. The molecular formula is C11H20N2. The van der Waals surface area contributed by atoms with Gasteiger partial charge in [-0.05, 0) is 19.3 Å². The van der Waals surface area contributed by atoms with Gasteiger partial charge in [-0.25, -0.2) is 4.98 Å². The Morgan fingerprint density at radius 1 is 1.31 bits per heavy atom. The van der Waals surface area contributed by atoms with Crippen molar-refractivity contribution >= 4 is 0 Å². The van der Waals surface area contributed by atoms with Gasteiger partial charge >= 0.3 is 0 Å². The fourth-order valence-electron chi connectivity index (χ4n) is 1.78. The first kappa shape index (κ1) is 10.3. The zero-order valence-corrected chi connectivity index (χ0v) is 8.95. The van der Waals surface area contributed by atoms with Crippen molar-refractivity contribution in [3.63, 3.8) is 0 Å². The smallest absolute Gasteiger partial charge is 0.108 e. The average Bonchev–Trinajstić information content (AvgIpc) is 2.57. The summed E-state index contributed by atoms with van der Waals surface area (Å²) in [6.45, 7) is 6.68. The molecule has 0 N–H and O–H groups in total. The van der Waals surface area contributed by atoms with Gasteiger partial charge in [0.25, 0.3) is 0 Å². The minimum atomic E-state index is 0.643. The van der Waals surface area contributed by atoms with Crippen LogP contribution in [0.5, 0.6) is 0 Å². The average molecular weight is 180 g/mol. The summed E-state index contributed by atoms with van der Waals surface area (Å²) in [4.78, 5) is 4.39. The molecule has 0 aromatic carbocycles. The highest BCUT2D eigenvalue weighted by atomic mass is 15.1. The van der Waals surface area contributed by atoms with Gasteiger partial charge in [-0.1, -0.05) is 20.8 Å². The van der Waals surface area contributed by atoms with Crippen molar-refractivity contribution in [1.29, 1.82) is 0 Å². The summed E-state index contributed by atoms with van der Waals surface area (Å²) in [5, 5.41) is 0. The van der Waals surface area contributed by atoms with Crippen LogP contribution in [0, 0.1) is 0 Å². The molecule has 13 heavy (non-hydrogen) atoms. The van der Waals surface area contributed by atoms with Gasteiger partial charge < -0.3 is 4.57 Å². The standard InChI is InChI=1S/C11H20N2/c1-4-7-11-12-8-9-13(11)10(5-2)6-3/h8-10H,4-7H2,1-3H3. The molecule has 1 heterocycles. The molecule has 0 radical (unpaired) electrons. The molecule has 2 nitrogen and oxygen atoms in total. The van der Waals surface area contributed by atoms with Gasteiger partial charge in [0.1, 0.15) is 5.82 Å². The summed E-state index contributed by atoms with van der Waals surface area (Å²) < 4.78 is 2.34. The van der Waals surface area contributed by atoms with Crippen LogP contribution in [-0.2, 0) is 6.42 Å². The van der Waals surface area contributed by atoms with E-state index in [0.717, 1.165) is 6.42 Å². The Morgan fingerprint density at radius 2 is 2.00 bits per heavy atom. The van der Waals surface area contributed by atoms with E-state index >= 15 is 0 Å². The highest BCUT2D eigenvalue weighted by Crippen LogP contribution is 2.17. The molecule has 0 aliphatic carbocycles. The van der Waals surface area contributed by atoms with Gasteiger partial charge in [0.2, 0.25) is 0 Å². The van der Waals surface area contributed by atoms with Crippen LogP contribution in [0.25, 0.3) is 0 Å². The van der Waals surface area contributed by atoms with E-state index < -0.39 is 0 Å². The molecule has 1 aromatic rings. The zero-order chi connectivity index (χ0) is 9.68. The molecule has 0 saturated carbocycles. The Morgan fingerprint density at radius 3 is 2.54 bits per heavy atom. The van der Waals surface area contributed by atoms with Crippen LogP contribution in [0.4, 0.5) is 0 Å². The minimum Gasteiger partial charge on any atom is -0.332 e. The molecule has 2 heteroatoms. The van der Waals surface area contributed by atoms with E-state index in [1.165, 1.54) is 25.1 Å². The van der Waals surface area contributed by atoms with E-state index in [0.29, 0.717) is 6.04 Å². The molecular weight excluding hydrogens is 160 g/mol. The third kappa shape index (κ3) is 2.33. The predicted octanol–water partition coefficient (Wildman–Crippen LogP) is 3.20. The van der Waals surface area contributed by atoms with Crippen molar-refractivity contribution in [2.24, 2.45) is 0 Å². The molecule has 0 aliphatic heterocycles. The fraction of sp³-hybridized carbons (Fsp3) is 0.727. The zero-order valence-electron chi connectivity index (χ0n) is 8.95.